The molecule has 2 rings (SSSR count). The molecule has 100 valence electrons. The SMILES string of the molecule is CC(C)Oc1ccccc1C(N)c1cccc(Cl)c1. The fourth-order valence-electron chi connectivity index (χ4n) is 1.98. The summed E-state index contributed by atoms with van der Waals surface area (Å²) in [6, 6.07) is 15.2. The minimum atomic E-state index is -0.242. The van der Waals surface area contributed by atoms with Gasteiger partial charge in [0.15, 0.2) is 0 Å². The zero-order valence-corrected chi connectivity index (χ0v) is 11.9. The van der Waals surface area contributed by atoms with Crippen LogP contribution in [0.15, 0.2) is 48.5 Å². The van der Waals surface area contributed by atoms with Crippen LogP contribution in [0, 0.1) is 0 Å². The summed E-state index contributed by atoms with van der Waals surface area (Å²) in [6.45, 7) is 4.00. The molecule has 0 bridgehead atoms. The summed E-state index contributed by atoms with van der Waals surface area (Å²) in [5, 5.41) is 0.690. The Kier molecular flexibility index (Phi) is 4.46. The van der Waals surface area contributed by atoms with Crippen LogP contribution in [0.3, 0.4) is 0 Å². The van der Waals surface area contributed by atoms with Crippen molar-refractivity contribution in [2.45, 2.75) is 26.0 Å². The van der Waals surface area contributed by atoms with Crippen LogP contribution in [0.1, 0.15) is 31.0 Å². The van der Waals surface area contributed by atoms with E-state index < -0.39 is 0 Å². The Morgan fingerprint density at radius 2 is 1.79 bits per heavy atom. The Bertz CT molecular complexity index is 554. The minimum absolute atomic E-state index is 0.118. The molecule has 0 amide bonds. The summed E-state index contributed by atoms with van der Waals surface area (Å²) >= 11 is 6.01. The van der Waals surface area contributed by atoms with Crippen molar-refractivity contribution in [1.82, 2.24) is 0 Å². The summed E-state index contributed by atoms with van der Waals surface area (Å²) in [4.78, 5) is 0. The number of hydrogen-bond donors (Lipinski definition) is 1. The third-order valence-corrected chi connectivity index (χ3v) is 3.06. The predicted octanol–water partition coefficient (Wildman–Crippen LogP) is 4.18. The van der Waals surface area contributed by atoms with E-state index in [1.54, 1.807) is 0 Å². The molecule has 0 saturated carbocycles. The monoisotopic (exact) mass is 275 g/mol. The third kappa shape index (κ3) is 3.49. The first-order chi connectivity index (χ1) is 9.08. The second-order valence-electron chi connectivity index (χ2n) is 4.74. The van der Waals surface area contributed by atoms with Gasteiger partial charge in [-0.2, -0.15) is 0 Å². The lowest BCUT2D eigenvalue weighted by Gasteiger charge is -2.19. The van der Waals surface area contributed by atoms with Crippen molar-refractivity contribution in [2.24, 2.45) is 5.73 Å². The summed E-state index contributed by atoms with van der Waals surface area (Å²) in [7, 11) is 0. The van der Waals surface area contributed by atoms with Crippen LogP contribution in [0.4, 0.5) is 0 Å². The molecule has 2 N–H and O–H groups in total. The van der Waals surface area contributed by atoms with Gasteiger partial charge in [-0.15, -0.1) is 0 Å². The number of nitrogens with two attached hydrogens (primary N) is 1. The number of benzene rings is 2. The summed E-state index contributed by atoms with van der Waals surface area (Å²) in [6.07, 6.45) is 0.118. The highest BCUT2D eigenvalue weighted by atomic mass is 35.5. The maximum atomic E-state index is 6.32. The smallest absolute Gasteiger partial charge is 0.124 e. The predicted molar refractivity (Wildman–Crippen MR) is 79.7 cm³/mol. The van der Waals surface area contributed by atoms with E-state index in [0.717, 1.165) is 16.9 Å². The molecular formula is C16H18ClNO. The van der Waals surface area contributed by atoms with Gasteiger partial charge in [0.2, 0.25) is 0 Å². The molecule has 0 aliphatic heterocycles. The Morgan fingerprint density at radius 1 is 1.05 bits per heavy atom. The molecule has 0 spiro atoms. The van der Waals surface area contributed by atoms with Crippen molar-refractivity contribution in [3.8, 4) is 5.75 Å². The van der Waals surface area contributed by atoms with Gasteiger partial charge >= 0.3 is 0 Å². The van der Waals surface area contributed by atoms with Gasteiger partial charge in [-0.05, 0) is 37.6 Å². The van der Waals surface area contributed by atoms with Crippen LogP contribution >= 0.6 is 11.6 Å². The first-order valence-electron chi connectivity index (χ1n) is 6.34. The molecule has 0 radical (unpaired) electrons. The zero-order chi connectivity index (χ0) is 13.8. The Morgan fingerprint density at radius 3 is 2.47 bits per heavy atom. The zero-order valence-electron chi connectivity index (χ0n) is 11.1. The van der Waals surface area contributed by atoms with Crippen molar-refractivity contribution < 1.29 is 4.74 Å². The van der Waals surface area contributed by atoms with E-state index in [1.807, 2.05) is 62.4 Å². The van der Waals surface area contributed by atoms with Gasteiger partial charge in [0.25, 0.3) is 0 Å². The average Bonchev–Trinajstić information content (AvgIpc) is 2.38. The van der Waals surface area contributed by atoms with Crippen LogP contribution in [-0.2, 0) is 0 Å². The maximum Gasteiger partial charge on any atom is 0.124 e. The van der Waals surface area contributed by atoms with Gasteiger partial charge in [0.05, 0.1) is 12.1 Å². The van der Waals surface area contributed by atoms with E-state index in [-0.39, 0.29) is 12.1 Å². The molecule has 2 aromatic rings. The molecule has 1 atom stereocenters. The molecule has 3 heteroatoms. The van der Waals surface area contributed by atoms with Crippen molar-refractivity contribution in [2.75, 3.05) is 0 Å². The molecule has 0 aromatic heterocycles. The lowest BCUT2D eigenvalue weighted by Crippen LogP contribution is -2.15. The van der Waals surface area contributed by atoms with E-state index in [1.165, 1.54) is 0 Å². The molecule has 0 heterocycles. The quantitative estimate of drug-likeness (QED) is 0.909. The van der Waals surface area contributed by atoms with Crippen LogP contribution in [0.5, 0.6) is 5.75 Å². The molecule has 0 fully saturated rings. The standard InChI is InChI=1S/C16H18ClNO/c1-11(2)19-15-9-4-3-8-14(15)16(18)12-6-5-7-13(17)10-12/h3-11,16H,18H2,1-2H3. The topological polar surface area (TPSA) is 35.2 Å². The van der Waals surface area contributed by atoms with Gasteiger partial charge in [-0.1, -0.05) is 41.9 Å². The minimum Gasteiger partial charge on any atom is -0.491 e. The van der Waals surface area contributed by atoms with E-state index in [9.17, 15) is 0 Å². The number of hydrogen-bond acceptors (Lipinski definition) is 2. The first-order valence-corrected chi connectivity index (χ1v) is 6.72. The lowest BCUT2D eigenvalue weighted by atomic mass is 9.99. The number of ether oxygens (including phenoxy) is 1. The van der Waals surface area contributed by atoms with Crippen molar-refractivity contribution in [3.63, 3.8) is 0 Å². The molecule has 0 aliphatic carbocycles. The average molecular weight is 276 g/mol. The van der Waals surface area contributed by atoms with Crippen molar-refractivity contribution in [1.29, 1.82) is 0 Å². The molecule has 2 nitrogen and oxygen atoms in total. The lowest BCUT2D eigenvalue weighted by molar-refractivity contribution is 0.239. The molecular weight excluding hydrogens is 258 g/mol. The Balaban J connectivity index is 2.35. The third-order valence-electron chi connectivity index (χ3n) is 2.82. The van der Waals surface area contributed by atoms with Crippen molar-refractivity contribution >= 4 is 11.6 Å². The second kappa shape index (κ2) is 6.09. The Hall–Kier alpha value is -1.51. The van der Waals surface area contributed by atoms with E-state index in [0.29, 0.717) is 5.02 Å². The summed E-state index contributed by atoms with van der Waals surface area (Å²) in [5.74, 6) is 0.824. The first kappa shape index (κ1) is 13.9. The highest BCUT2D eigenvalue weighted by Gasteiger charge is 2.14. The number of rotatable bonds is 4. The van der Waals surface area contributed by atoms with Gasteiger partial charge in [-0.25, -0.2) is 0 Å². The van der Waals surface area contributed by atoms with Crippen LogP contribution in [0.2, 0.25) is 5.02 Å². The van der Waals surface area contributed by atoms with Gasteiger partial charge in [0.1, 0.15) is 5.75 Å². The summed E-state index contributed by atoms with van der Waals surface area (Å²) in [5.41, 5.74) is 8.27. The maximum absolute atomic E-state index is 6.32. The summed E-state index contributed by atoms with van der Waals surface area (Å²) < 4.78 is 5.81. The molecule has 0 saturated heterocycles. The van der Waals surface area contributed by atoms with Gasteiger partial charge < -0.3 is 10.5 Å². The van der Waals surface area contributed by atoms with E-state index >= 15 is 0 Å². The van der Waals surface area contributed by atoms with Crippen LogP contribution in [0.25, 0.3) is 0 Å². The van der Waals surface area contributed by atoms with Gasteiger partial charge in [0, 0.05) is 10.6 Å². The molecule has 1 unspecified atom stereocenters. The van der Waals surface area contributed by atoms with Crippen LogP contribution in [-0.4, -0.2) is 6.10 Å². The Labute approximate surface area is 119 Å². The highest BCUT2D eigenvalue weighted by Crippen LogP contribution is 2.29. The molecule has 0 aliphatic rings. The normalized spacial score (nSPS) is 12.5. The fraction of sp³-hybridized carbons (Fsp3) is 0.250. The largest absolute Gasteiger partial charge is 0.491 e. The highest BCUT2D eigenvalue weighted by molar-refractivity contribution is 6.30. The number of halogens is 1. The number of para-hydroxylation sites is 1. The van der Waals surface area contributed by atoms with E-state index in [2.05, 4.69) is 0 Å². The molecule has 2 aromatic carbocycles. The van der Waals surface area contributed by atoms with Crippen LogP contribution < -0.4 is 10.5 Å². The second-order valence-corrected chi connectivity index (χ2v) is 5.17. The van der Waals surface area contributed by atoms with Crippen molar-refractivity contribution in [3.05, 3.63) is 64.7 Å². The molecule has 19 heavy (non-hydrogen) atoms. The van der Waals surface area contributed by atoms with Gasteiger partial charge in [-0.3, -0.25) is 0 Å². The fourth-order valence-corrected chi connectivity index (χ4v) is 2.18. The van der Waals surface area contributed by atoms with E-state index in [4.69, 9.17) is 22.1 Å².